The van der Waals surface area contributed by atoms with E-state index in [0.717, 1.165) is 36.8 Å². The average molecular weight is 611 g/mol. The molecule has 0 aromatic heterocycles. The quantitative estimate of drug-likeness (QED) is 0.194. The molecule has 0 saturated heterocycles. The lowest BCUT2D eigenvalue weighted by Gasteiger charge is -2.34. The van der Waals surface area contributed by atoms with Crippen molar-refractivity contribution in [2.24, 2.45) is 0 Å². The number of phenols is 1. The summed E-state index contributed by atoms with van der Waals surface area (Å²) >= 11 is 0. The van der Waals surface area contributed by atoms with Crippen molar-refractivity contribution in [3.63, 3.8) is 0 Å². The van der Waals surface area contributed by atoms with Crippen molar-refractivity contribution in [1.29, 1.82) is 0 Å². The van der Waals surface area contributed by atoms with E-state index in [-0.39, 0.29) is 12.3 Å². The van der Waals surface area contributed by atoms with E-state index in [1.54, 1.807) is 18.2 Å². The minimum absolute atomic E-state index is 0.212. The maximum atomic E-state index is 14.4. The summed E-state index contributed by atoms with van der Waals surface area (Å²) in [6.07, 6.45) is 5.04. The molecule has 4 amide bonds. The first-order chi connectivity index (χ1) is 21.1. The van der Waals surface area contributed by atoms with Gasteiger partial charge in [-0.15, -0.1) is 0 Å². The van der Waals surface area contributed by atoms with E-state index in [1.165, 1.54) is 9.80 Å². The first-order valence-electron chi connectivity index (χ1n) is 16.4. The summed E-state index contributed by atoms with van der Waals surface area (Å²) in [7, 11) is 0. The number of hydrogen-bond acceptors (Lipinski definition) is 5. The molecule has 0 bridgehead atoms. The highest BCUT2D eigenvalue weighted by Gasteiger charge is 2.41. The van der Waals surface area contributed by atoms with Crippen LogP contribution in [0.2, 0.25) is 0 Å². The van der Waals surface area contributed by atoms with Crippen molar-refractivity contribution in [3.8, 4) is 16.9 Å². The number of carbonyl (C=O) groups excluding carboxylic acids is 4. The Balaban J connectivity index is 1.88. The van der Waals surface area contributed by atoms with Gasteiger partial charge in [-0.05, 0) is 65.1 Å². The van der Waals surface area contributed by atoms with Crippen molar-refractivity contribution in [1.82, 2.24) is 9.80 Å². The van der Waals surface area contributed by atoms with Crippen LogP contribution in [0.1, 0.15) is 146 Å². The molecule has 0 unspecified atom stereocenters. The molecule has 5 rings (SSSR count). The van der Waals surface area contributed by atoms with Crippen LogP contribution in [0.4, 0.5) is 0 Å². The zero-order chi connectivity index (χ0) is 33.0. The van der Waals surface area contributed by atoms with E-state index < -0.39 is 34.5 Å². The van der Waals surface area contributed by atoms with Gasteiger partial charge in [0.05, 0.1) is 5.56 Å². The third-order valence-electron chi connectivity index (χ3n) is 9.18. The highest BCUT2D eigenvalue weighted by Crippen LogP contribution is 2.46. The minimum Gasteiger partial charge on any atom is -0.507 e. The molecule has 0 radical (unpaired) electrons. The minimum atomic E-state index is -0.425. The molecule has 2 aliphatic heterocycles. The molecule has 0 aliphatic carbocycles. The fraction of sp³-hybridized carbons (Fsp3) is 0.474. The number of hydrogen-bond donors (Lipinski definition) is 1. The molecule has 45 heavy (non-hydrogen) atoms. The summed E-state index contributed by atoms with van der Waals surface area (Å²) < 4.78 is 0. The zero-order valence-electron chi connectivity index (χ0n) is 28.0. The summed E-state index contributed by atoms with van der Waals surface area (Å²) in [6, 6.07) is 8.84. The molecule has 1 N–H and O–H groups in total. The molecule has 2 aliphatic rings. The smallest absolute Gasteiger partial charge is 0.262 e. The van der Waals surface area contributed by atoms with Crippen LogP contribution in [0.3, 0.4) is 0 Å². The van der Waals surface area contributed by atoms with Crippen LogP contribution < -0.4 is 0 Å². The number of aromatic hydroxyl groups is 1. The van der Waals surface area contributed by atoms with E-state index in [9.17, 15) is 24.3 Å². The van der Waals surface area contributed by atoms with Crippen LogP contribution in [0, 0.1) is 0 Å². The summed E-state index contributed by atoms with van der Waals surface area (Å²) in [5, 5.41) is 12.2. The molecule has 3 aromatic carbocycles. The highest BCUT2D eigenvalue weighted by molar-refractivity contribution is 6.35. The molecule has 0 fully saturated rings. The van der Waals surface area contributed by atoms with E-state index in [4.69, 9.17) is 0 Å². The first-order valence-corrected chi connectivity index (χ1v) is 16.4. The predicted octanol–water partition coefficient (Wildman–Crippen LogP) is 8.38. The van der Waals surface area contributed by atoms with Crippen molar-refractivity contribution in [3.05, 3.63) is 63.7 Å². The third kappa shape index (κ3) is 5.44. The van der Waals surface area contributed by atoms with E-state index in [0.29, 0.717) is 63.5 Å². The Morgan fingerprint density at radius 3 is 1.49 bits per heavy atom. The van der Waals surface area contributed by atoms with Crippen LogP contribution in [-0.4, -0.2) is 51.6 Å². The van der Waals surface area contributed by atoms with Gasteiger partial charge in [-0.2, -0.15) is 0 Å². The van der Waals surface area contributed by atoms with Gasteiger partial charge in [-0.25, -0.2) is 0 Å². The Kier molecular flexibility index (Phi) is 8.45. The maximum Gasteiger partial charge on any atom is 0.262 e. The molecule has 238 valence electrons. The Hall–Kier alpha value is -4.00. The second-order valence-electron chi connectivity index (χ2n) is 14.6. The van der Waals surface area contributed by atoms with Gasteiger partial charge in [-0.1, -0.05) is 81.1 Å². The first kappa shape index (κ1) is 32.4. The number of imide groups is 2. The lowest BCUT2D eigenvalue weighted by atomic mass is 9.76. The maximum absolute atomic E-state index is 14.4. The summed E-state index contributed by atoms with van der Waals surface area (Å²) in [4.78, 5) is 58.8. The monoisotopic (exact) mass is 610 g/mol. The second kappa shape index (κ2) is 11.7. The third-order valence-corrected chi connectivity index (χ3v) is 9.18. The molecule has 2 heterocycles. The van der Waals surface area contributed by atoms with Crippen LogP contribution in [0.25, 0.3) is 21.9 Å². The number of nitrogens with zero attached hydrogens (tertiary/aromatic N) is 2. The van der Waals surface area contributed by atoms with E-state index in [1.807, 2.05) is 53.7 Å². The molecule has 0 atom stereocenters. The van der Waals surface area contributed by atoms with Crippen molar-refractivity contribution in [2.45, 2.75) is 105 Å². The Morgan fingerprint density at radius 2 is 1.02 bits per heavy atom. The van der Waals surface area contributed by atoms with Crippen molar-refractivity contribution >= 4 is 34.4 Å². The summed E-state index contributed by atoms with van der Waals surface area (Å²) in [5.41, 5.74) is 3.12. The average Bonchev–Trinajstić information content (AvgIpc) is 2.97. The molecular formula is C38H46N2O5. The number of unbranched alkanes of at least 4 members (excludes halogenated alkanes) is 4. The lowest BCUT2D eigenvalue weighted by Crippen LogP contribution is -2.44. The predicted molar refractivity (Wildman–Crippen MR) is 178 cm³/mol. The molecule has 7 nitrogen and oxygen atoms in total. The standard InChI is InChI=1S/C38H46N2O5/c1-9-11-13-17-39-33(42)23-15-16-24-30-29(23)26(35(39)44)21-25(31(30)36(45)40(34(24)43)18-14-12-10-2)22-19-27(37(3,4)5)32(41)28(20-22)38(6,7)8/h15-16,19-21,41H,9-14,17-18H2,1-8H3. The topological polar surface area (TPSA) is 95.0 Å². The normalized spacial score (nSPS) is 15.1. The number of amides is 4. The van der Waals surface area contributed by atoms with Gasteiger partial charge in [-0.3, -0.25) is 29.0 Å². The lowest BCUT2D eigenvalue weighted by molar-refractivity contribution is 0.0586. The van der Waals surface area contributed by atoms with E-state index >= 15 is 0 Å². The Bertz CT molecular complexity index is 1700. The van der Waals surface area contributed by atoms with Crippen LogP contribution in [0.15, 0.2) is 30.3 Å². The molecule has 3 aromatic rings. The van der Waals surface area contributed by atoms with Gasteiger partial charge in [0, 0.05) is 51.7 Å². The van der Waals surface area contributed by atoms with Gasteiger partial charge in [0.1, 0.15) is 5.75 Å². The molecule has 0 spiro atoms. The van der Waals surface area contributed by atoms with E-state index in [2.05, 4.69) is 13.8 Å². The number of phenolic OH excluding ortho intramolecular Hbond substituents is 1. The Labute approximate surface area is 266 Å². The second-order valence-corrected chi connectivity index (χ2v) is 14.6. The van der Waals surface area contributed by atoms with Gasteiger partial charge >= 0.3 is 0 Å². The largest absolute Gasteiger partial charge is 0.507 e. The fourth-order valence-corrected chi connectivity index (χ4v) is 6.68. The molecule has 0 saturated carbocycles. The van der Waals surface area contributed by atoms with Gasteiger partial charge in [0.2, 0.25) is 0 Å². The number of rotatable bonds is 9. The fourth-order valence-electron chi connectivity index (χ4n) is 6.68. The number of benzene rings is 3. The highest BCUT2D eigenvalue weighted by atomic mass is 16.3. The van der Waals surface area contributed by atoms with Gasteiger partial charge in [0.25, 0.3) is 23.6 Å². The molecular weight excluding hydrogens is 564 g/mol. The van der Waals surface area contributed by atoms with Crippen LogP contribution in [0.5, 0.6) is 5.75 Å². The van der Waals surface area contributed by atoms with Crippen molar-refractivity contribution < 1.29 is 24.3 Å². The number of carbonyl (C=O) groups is 4. The Morgan fingerprint density at radius 1 is 0.578 bits per heavy atom. The molecule has 7 heteroatoms. The summed E-state index contributed by atoms with van der Waals surface area (Å²) in [5.74, 6) is -1.42. The van der Waals surface area contributed by atoms with Crippen LogP contribution >= 0.6 is 0 Å². The van der Waals surface area contributed by atoms with Gasteiger partial charge < -0.3 is 5.11 Å². The zero-order valence-corrected chi connectivity index (χ0v) is 28.0. The van der Waals surface area contributed by atoms with Crippen molar-refractivity contribution in [2.75, 3.05) is 13.1 Å². The van der Waals surface area contributed by atoms with Gasteiger partial charge in [0.15, 0.2) is 0 Å². The van der Waals surface area contributed by atoms with Crippen LogP contribution in [-0.2, 0) is 10.8 Å². The SMILES string of the molecule is CCCCCN1C(=O)c2ccc3c4c(c(-c5cc(C(C)(C)C)c(O)c(C(C)(C)C)c5)cc(c24)C1=O)C(=O)N(CCCCC)C3=O. The summed E-state index contributed by atoms with van der Waals surface area (Å²) in [6.45, 7) is 16.9.